The van der Waals surface area contributed by atoms with Crippen molar-refractivity contribution in [2.45, 2.75) is 37.9 Å². The van der Waals surface area contributed by atoms with Crippen LogP contribution in [0.25, 0.3) is 0 Å². The van der Waals surface area contributed by atoms with E-state index in [4.69, 9.17) is 0 Å². The van der Waals surface area contributed by atoms with E-state index in [1.807, 2.05) is 0 Å². The summed E-state index contributed by atoms with van der Waals surface area (Å²) in [5, 5.41) is 2.76. The highest BCUT2D eigenvalue weighted by molar-refractivity contribution is 7.85. The van der Waals surface area contributed by atoms with Gasteiger partial charge in [0.05, 0.1) is 17.3 Å². The van der Waals surface area contributed by atoms with Crippen LogP contribution in [-0.4, -0.2) is 16.4 Å². The Labute approximate surface area is 178 Å². The van der Waals surface area contributed by atoms with E-state index in [1.165, 1.54) is 24.5 Å². The van der Waals surface area contributed by atoms with Gasteiger partial charge in [0, 0.05) is 17.6 Å². The highest BCUT2D eigenvalue weighted by atomic mass is 32.2. The van der Waals surface area contributed by atoms with E-state index < -0.39 is 51.7 Å². The lowest BCUT2D eigenvalue weighted by atomic mass is 9.93. The van der Waals surface area contributed by atoms with E-state index in [2.05, 4.69) is 10.0 Å². The van der Waals surface area contributed by atoms with Gasteiger partial charge in [-0.1, -0.05) is 19.1 Å². The highest BCUT2D eigenvalue weighted by Gasteiger charge is 2.56. The van der Waals surface area contributed by atoms with Crippen molar-refractivity contribution in [1.29, 1.82) is 0 Å². The molecule has 3 unspecified atom stereocenters. The molecular weight excluding hydrogens is 439 g/mol. The average molecular weight is 460 g/mol. The number of alkyl halides is 3. The van der Waals surface area contributed by atoms with Gasteiger partial charge in [-0.25, -0.2) is 13.0 Å². The predicted octanol–water partition coefficient (Wildman–Crippen LogP) is 4.84. The normalized spacial score (nSPS) is 22.5. The molecule has 168 valence electrons. The van der Waals surface area contributed by atoms with Gasteiger partial charge in [0.15, 0.2) is 0 Å². The molecule has 2 aromatic carbocycles. The minimum atomic E-state index is -4.79. The Hall–Kier alpha value is -2.49. The van der Waals surface area contributed by atoms with E-state index in [0.717, 1.165) is 6.07 Å². The lowest BCUT2D eigenvalue weighted by molar-refractivity contribution is -0.140. The van der Waals surface area contributed by atoms with Crippen molar-refractivity contribution in [3.05, 3.63) is 64.7 Å². The SMILES string of the molecule is C[C@@H](NC(=O)C1CC1(C)c1ccc(C(F)(F)F)c(F)c1)c1ccc(NS(C)=O)c(F)c1. The fourth-order valence-corrected chi connectivity index (χ4v) is 4.08. The summed E-state index contributed by atoms with van der Waals surface area (Å²) in [6, 6.07) is 6.39. The number of hydrogen-bond acceptors (Lipinski definition) is 2. The number of benzene rings is 2. The molecule has 0 saturated heterocycles. The van der Waals surface area contributed by atoms with Crippen molar-refractivity contribution in [3.8, 4) is 0 Å². The predicted molar refractivity (Wildman–Crippen MR) is 108 cm³/mol. The first-order valence-electron chi connectivity index (χ1n) is 9.40. The van der Waals surface area contributed by atoms with E-state index in [-0.39, 0.29) is 11.6 Å². The molecular formula is C21H21F5N2O2S. The molecule has 1 amide bonds. The molecule has 0 radical (unpaired) electrons. The topological polar surface area (TPSA) is 58.2 Å². The molecule has 1 aliphatic rings. The van der Waals surface area contributed by atoms with Crippen molar-refractivity contribution in [2.24, 2.45) is 5.92 Å². The monoisotopic (exact) mass is 460 g/mol. The second kappa shape index (κ2) is 8.22. The van der Waals surface area contributed by atoms with Crippen LogP contribution in [0.4, 0.5) is 27.6 Å². The minimum Gasteiger partial charge on any atom is -0.349 e. The van der Waals surface area contributed by atoms with Gasteiger partial charge in [-0.2, -0.15) is 13.2 Å². The Morgan fingerprint density at radius 3 is 2.39 bits per heavy atom. The summed E-state index contributed by atoms with van der Waals surface area (Å²) in [5.74, 6) is -2.89. The van der Waals surface area contributed by atoms with Crippen LogP contribution in [0, 0.1) is 17.6 Å². The minimum absolute atomic E-state index is 0.0715. The Balaban J connectivity index is 1.69. The van der Waals surface area contributed by atoms with Crippen molar-refractivity contribution < 1.29 is 31.0 Å². The molecule has 1 aliphatic carbocycles. The smallest absolute Gasteiger partial charge is 0.349 e. The Morgan fingerprint density at radius 1 is 1.16 bits per heavy atom. The maximum atomic E-state index is 14.2. The molecule has 1 fully saturated rings. The first-order chi connectivity index (χ1) is 14.3. The first kappa shape index (κ1) is 23.2. The molecule has 31 heavy (non-hydrogen) atoms. The number of halogens is 5. The van der Waals surface area contributed by atoms with Crippen LogP contribution in [-0.2, 0) is 27.4 Å². The summed E-state index contributed by atoms with van der Waals surface area (Å²) in [4.78, 5) is 12.7. The molecule has 2 N–H and O–H groups in total. The third kappa shape index (κ3) is 4.89. The third-order valence-corrected chi connectivity index (χ3v) is 6.10. The Morgan fingerprint density at radius 2 is 1.84 bits per heavy atom. The van der Waals surface area contributed by atoms with Crippen LogP contribution in [0.5, 0.6) is 0 Å². The number of rotatable bonds is 6. The number of anilines is 1. The van der Waals surface area contributed by atoms with Crippen molar-refractivity contribution >= 4 is 22.6 Å². The highest BCUT2D eigenvalue weighted by Crippen LogP contribution is 2.54. The molecule has 2 aromatic rings. The first-order valence-corrected chi connectivity index (χ1v) is 11.0. The summed E-state index contributed by atoms with van der Waals surface area (Å²) in [6.07, 6.45) is -3.06. The van der Waals surface area contributed by atoms with E-state index in [9.17, 15) is 31.0 Å². The molecule has 3 rings (SSSR count). The quantitative estimate of drug-likeness (QED) is 0.606. The van der Waals surface area contributed by atoms with Gasteiger partial charge in [-0.15, -0.1) is 0 Å². The van der Waals surface area contributed by atoms with Gasteiger partial charge in [0.1, 0.15) is 22.6 Å². The second-order valence-electron chi connectivity index (χ2n) is 7.89. The molecule has 0 bridgehead atoms. The van der Waals surface area contributed by atoms with Crippen LogP contribution in [0.2, 0.25) is 0 Å². The van der Waals surface area contributed by atoms with Crippen LogP contribution >= 0.6 is 0 Å². The molecule has 0 aliphatic heterocycles. The van der Waals surface area contributed by atoms with Crippen molar-refractivity contribution in [3.63, 3.8) is 0 Å². The fraction of sp³-hybridized carbons (Fsp3) is 0.381. The average Bonchev–Trinajstić information content (AvgIpc) is 3.35. The third-order valence-electron chi connectivity index (χ3n) is 5.59. The van der Waals surface area contributed by atoms with Crippen molar-refractivity contribution in [2.75, 3.05) is 11.0 Å². The number of carbonyl (C=O) groups is 1. The van der Waals surface area contributed by atoms with E-state index in [0.29, 0.717) is 23.6 Å². The largest absolute Gasteiger partial charge is 0.419 e. The van der Waals surface area contributed by atoms with Gasteiger partial charge in [0.2, 0.25) is 5.91 Å². The second-order valence-corrected chi connectivity index (χ2v) is 9.00. The standard InChI is InChI=1S/C21H21F5N2O2S/c1-11(12-4-7-18(17(23)8-12)28-31(3)30)27-19(29)15-10-20(15,2)13-5-6-14(16(22)9-13)21(24,25)26/h4-9,11,15,28H,10H2,1-3H3,(H,27,29)/t11-,15?,20?,31?/m1/s1. The summed E-state index contributed by atoms with van der Waals surface area (Å²) in [7, 11) is -1.44. The molecule has 1 saturated carbocycles. The zero-order valence-corrected chi connectivity index (χ0v) is 17.8. The molecule has 4 atom stereocenters. The maximum absolute atomic E-state index is 14.2. The summed E-state index contributed by atoms with van der Waals surface area (Å²) >= 11 is 0. The fourth-order valence-electron chi connectivity index (χ4n) is 3.60. The van der Waals surface area contributed by atoms with E-state index >= 15 is 0 Å². The Kier molecular flexibility index (Phi) is 6.14. The molecule has 0 spiro atoms. The maximum Gasteiger partial charge on any atom is 0.419 e. The molecule has 4 nitrogen and oxygen atoms in total. The summed E-state index contributed by atoms with van der Waals surface area (Å²) in [6.45, 7) is 3.35. The zero-order valence-electron chi connectivity index (χ0n) is 16.9. The molecule has 0 aromatic heterocycles. The Bertz CT molecular complexity index is 1040. The number of nitrogens with one attached hydrogen (secondary N) is 2. The number of amides is 1. The lowest BCUT2D eigenvalue weighted by Gasteiger charge is -2.18. The van der Waals surface area contributed by atoms with Gasteiger partial charge in [-0.3, -0.25) is 4.79 Å². The van der Waals surface area contributed by atoms with Crippen LogP contribution in [0.15, 0.2) is 36.4 Å². The van der Waals surface area contributed by atoms with Crippen LogP contribution in [0.1, 0.15) is 43.0 Å². The molecule has 0 heterocycles. The molecule has 10 heteroatoms. The van der Waals surface area contributed by atoms with Gasteiger partial charge in [-0.05, 0) is 48.7 Å². The van der Waals surface area contributed by atoms with Crippen molar-refractivity contribution in [1.82, 2.24) is 5.32 Å². The number of carbonyl (C=O) groups excluding carboxylic acids is 1. The van der Waals surface area contributed by atoms with Gasteiger partial charge >= 0.3 is 6.18 Å². The number of hydrogen-bond donors (Lipinski definition) is 2. The lowest BCUT2D eigenvalue weighted by Crippen LogP contribution is -2.30. The van der Waals surface area contributed by atoms with Gasteiger partial charge in [0.25, 0.3) is 0 Å². The van der Waals surface area contributed by atoms with Gasteiger partial charge < -0.3 is 10.0 Å². The van der Waals surface area contributed by atoms with Crippen LogP contribution in [0.3, 0.4) is 0 Å². The van der Waals surface area contributed by atoms with Crippen LogP contribution < -0.4 is 10.0 Å². The zero-order chi connectivity index (χ0) is 23.1. The summed E-state index contributed by atoms with van der Waals surface area (Å²) < 4.78 is 80.0. The summed E-state index contributed by atoms with van der Waals surface area (Å²) in [5.41, 5.74) is -1.25. The van der Waals surface area contributed by atoms with E-state index in [1.54, 1.807) is 19.9 Å².